The van der Waals surface area contributed by atoms with Crippen LogP contribution in [0.4, 0.5) is 0 Å². The molecule has 2 atom stereocenters. The van der Waals surface area contributed by atoms with E-state index in [-0.39, 0.29) is 17.9 Å². The third kappa shape index (κ3) is 4.11. The van der Waals surface area contributed by atoms with Gasteiger partial charge in [-0.2, -0.15) is 5.26 Å². The lowest BCUT2D eigenvalue weighted by Crippen LogP contribution is -2.41. The topological polar surface area (TPSA) is 56.0 Å². The van der Waals surface area contributed by atoms with Crippen molar-refractivity contribution in [1.29, 1.82) is 5.26 Å². The second-order valence-electron chi connectivity index (χ2n) is 5.68. The van der Waals surface area contributed by atoms with Gasteiger partial charge in [0.1, 0.15) is 0 Å². The lowest BCUT2D eigenvalue weighted by atomic mass is 9.91. The lowest BCUT2D eigenvalue weighted by molar-refractivity contribution is 0.149. The summed E-state index contributed by atoms with van der Waals surface area (Å²) in [5.74, 6) is 0.150. The number of aliphatic hydroxyl groups is 1. The van der Waals surface area contributed by atoms with Crippen molar-refractivity contribution in [3.05, 3.63) is 0 Å². The zero-order valence-corrected chi connectivity index (χ0v) is 10.5. The molecule has 2 unspecified atom stereocenters. The molecule has 0 saturated heterocycles. The summed E-state index contributed by atoms with van der Waals surface area (Å²) >= 11 is 0. The first-order valence-corrected chi connectivity index (χ1v) is 6.33. The SMILES string of the molecule is CC(C)(CO)CNC1CCCCCC1C#N. The molecule has 3 nitrogen and oxygen atoms in total. The van der Waals surface area contributed by atoms with Gasteiger partial charge in [0, 0.05) is 24.6 Å². The summed E-state index contributed by atoms with van der Waals surface area (Å²) < 4.78 is 0. The van der Waals surface area contributed by atoms with Crippen molar-refractivity contribution in [1.82, 2.24) is 5.32 Å². The van der Waals surface area contributed by atoms with E-state index in [1.165, 1.54) is 19.3 Å². The Morgan fingerprint density at radius 2 is 2.00 bits per heavy atom. The van der Waals surface area contributed by atoms with Crippen LogP contribution in [-0.4, -0.2) is 24.3 Å². The van der Waals surface area contributed by atoms with E-state index in [2.05, 4.69) is 11.4 Å². The molecule has 3 heteroatoms. The Balaban J connectivity index is 2.46. The van der Waals surface area contributed by atoms with Gasteiger partial charge in [0.2, 0.25) is 0 Å². The normalized spacial score (nSPS) is 27.1. The molecule has 1 saturated carbocycles. The third-order valence-electron chi connectivity index (χ3n) is 3.45. The minimum atomic E-state index is -0.0910. The smallest absolute Gasteiger partial charge is 0.0672 e. The van der Waals surface area contributed by atoms with E-state index in [9.17, 15) is 5.11 Å². The van der Waals surface area contributed by atoms with Gasteiger partial charge in [-0.25, -0.2) is 0 Å². The fourth-order valence-electron chi connectivity index (χ4n) is 2.17. The second-order valence-corrected chi connectivity index (χ2v) is 5.68. The summed E-state index contributed by atoms with van der Waals surface area (Å²) in [7, 11) is 0. The molecule has 2 N–H and O–H groups in total. The van der Waals surface area contributed by atoms with Crippen LogP contribution >= 0.6 is 0 Å². The first kappa shape index (κ1) is 13.5. The molecule has 1 aliphatic rings. The lowest BCUT2D eigenvalue weighted by Gasteiger charge is -2.28. The predicted octanol–water partition coefficient (Wildman–Crippen LogP) is 2.07. The first-order chi connectivity index (χ1) is 7.59. The summed E-state index contributed by atoms with van der Waals surface area (Å²) in [5, 5.41) is 21.8. The molecular weight excluding hydrogens is 200 g/mol. The molecule has 16 heavy (non-hydrogen) atoms. The highest BCUT2D eigenvalue weighted by atomic mass is 16.3. The Hall–Kier alpha value is -0.590. The fourth-order valence-corrected chi connectivity index (χ4v) is 2.17. The van der Waals surface area contributed by atoms with E-state index in [0.717, 1.165) is 19.4 Å². The zero-order chi connectivity index (χ0) is 12.0. The van der Waals surface area contributed by atoms with Crippen LogP contribution in [0.15, 0.2) is 0 Å². The van der Waals surface area contributed by atoms with Gasteiger partial charge in [0.05, 0.1) is 12.0 Å². The molecule has 0 amide bonds. The Morgan fingerprint density at radius 3 is 2.62 bits per heavy atom. The summed E-state index contributed by atoms with van der Waals surface area (Å²) in [6, 6.07) is 2.74. The molecule has 1 fully saturated rings. The van der Waals surface area contributed by atoms with Crippen molar-refractivity contribution < 1.29 is 5.11 Å². The van der Waals surface area contributed by atoms with Crippen LogP contribution in [0.25, 0.3) is 0 Å². The average Bonchev–Trinajstić information content (AvgIpc) is 2.51. The van der Waals surface area contributed by atoms with E-state index >= 15 is 0 Å². The van der Waals surface area contributed by atoms with Crippen molar-refractivity contribution in [2.24, 2.45) is 11.3 Å². The third-order valence-corrected chi connectivity index (χ3v) is 3.45. The number of nitrogens with zero attached hydrogens (tertiary/aromatic N) is 1. The van der Waals surface area contributed by atoms with E-state index in [1.54, 1.807) is 0 Å². The Labute approximate surface area is 98.8 Å². The van der Waals surface area contributed by atoms with Gasteiger partial charge in [-0.3, -0.25) is 0 Å². The van der Waals surface area contributed by atoms with Crippen molar-refractivity contribution in [3.63, 3.8) is 0 Å². The highest BCUT2D eigenvalue weighted by molar-refractivity contribution is 4.94. The van der Waals surface area contributed by atoms with Crippen molar-refractivity contribution in [3.8, 4) is 6.07 Å². The Morgan fingerprint density at radius 1 is 1.31 bits per heavy atom. The van der Waals surface area contributed by atoms with Gasteiger partial charge in [-0.05, 0) is 12.8 Å². The van der Waals surface area contributed by atoms with Gasteiger partial charge >= 0.3 is 0 Å². The number of hydrogen-bond acceptors (Lipinski definition) is 3. The molecule has 0 radical (unpaired) electrons. The summed E-state index contributed by atoms with van der Waals surface area (Å²) in [5.41, 5.74) is -0.0910. The molecule has 1 rings (SSSR count). The van der Waals surface area contributed by atoms with Crippen molar-refractivity contribution in [2.45, 2.75) is 52.0 Å². The molecule has 0 heterocycles. The number of nitriles is 1. The summed E-state index contributed by atoms with van der Waals surface area (Å²) in [6.07, 6.45) is 5.77. The monoisotopic (exact) mass is 224 g/mol. The minimum absolute atomic E-state index is 0.0910. The van der Waals surface area contributed by atoms with Gasteiger partial charge in [-0.1, -0.05) is 33.1 Å². The molecule has 0 bridgehead atoms. The van der Waals surface area contributed by atoms with Gasteiger partial charge in [-0.15, -0.1) is 0 Å². The van der Waals surface area contributed by atoms with Crippen molar-refractivity contribution in [2.75, 3.05) is 13.2 Å². The molecular formula is C13H24N2O. The zero-order valence-electron chi connectivity index (χ0n) is 10.5. The van der Waals surface area contributed by atoms with E-state index in [4.69, 9.17) is 5.26 Å². The second kappa shape index (κ2) is 6.22. The molecule has 92 valence electrons. The first-order valence-electron chi connectivity index (χ1n) is 6.33. The number of nitrogens with one attached hydrogen (secondary N) is 1. The van der Waals surface area contributed by atoms with E-state index in [1.807, 2.05) is 13.8 Å². The molecule has 1 aliphatic carbocycles. The molecule has 0 aromatic heterocycles. The highest BCUT2D eigenvalue weighted by Crippen LogP contribution is 2.24. The maximum absolute atomic E-state index is 9.20. The minimum Gasteiger partial charge on any atom is -0.396 e. The fraction of sp³-hybridized carbons (Fsp3) is 0.923. The van der Waals surface area contributed by atoms with Crippen LogP contribution in [0, 0.1) is 22.7 Å². The maximum Gasteiger partial charge on any atom is 0.0672 e. The predicted molar refractivity (Wildman–Crippen MR) is 64.8 cm³/mol. The van der Waals surface area contributed by atoms with E-state index < -0.39 is 0 Å². The van der Waals surface area contributed by atoms with Crippen molar-refractivity contribution >= 4 is 0 Å². The van der Waals surface area contributed by atoms with Crippen LogP contribution in [0.3, 0.4) is 0 Å². The van der Waals surface area contributed by atoms with Gasteiger partial charge < -0.3 is 10.4 Å². The quantitative estimate of drug-likeness (QED) is 0.719. The number of aliphatic hydroxyl groups excluding tert-OH is 1. The molecule has 0 spiro atoms. The maximum atomic E-state index is 9.20. The van der Waals surface area contributed by atoms with Crippen LogP contribution in [0.1, 0.15) is 46.0 Å². The summed E-state index contributed by atoms with van der Waals surface area (Å²) in [4.78, 5) is 0. The van der Waals surface area contributed by atoms with Crippen LogP contribution in [0.2, 0.25) is 0 Å². The van der Waals surface area contributed by atoms with E-state index in [0.29, 0.717) is 6.04 Å². The number of rotatable bonds is 4. The van der Waals surface area contributed by atoms with Crippen LogP contribution in [0.5, 0.6) is 0 Å². The van der Waals surface area contributed by atoms with Crippen LogP contribution in [-0.2, 0) is 0 Å². The largest absolute Gasteiger partial charge is 0.396 e. The standard InChI is InChI=1S/C13H24N2O/c1-13(2,10-16)9-15-12-7-5-3-4-6-11(12)8-14/h11-12,15-16H,3-7,9-10H2,1-2H3. The molecule has 0 aromatic carbocycles. The molecule has 0 aromatic rings. The Kier molecular flexibility index (Phi) is 5.24. The Bertz CT molecular complexity index is 245. The average molecular weight is 224 g/mol. The van der Waals surface area contributed by atoms with Gasteiger partial charge in [0.25, 0.3) is 0 Å². The molecule has 0 aliphatic heterocycles. The summed E-state index contributed by atoms with van der Waals surface area (Å²) in [6.45, 7) is 5.05. The number of hydrogen-bond donors (Lipinski definition) is 2. The highest BCUT2D eigenvalue weighted by Gasteiger charge is 2.25. The van der Waals surface area contributed by atoms with Gasteiger partial charge in [0.15, 0.2) is 0 Å². The van der Waals surface area contributed by atoms with Crippen LogP contribution < -0.4 is 5.32 Å².